The summed E-state index contributed by atoms with van der Waals surface area (Å²) < 4.78 is 4.84. The fraction of sp³-hybridized carbons (Fsp3) is 0.700. The molecule has 4 nitrogen and oxygen atoms in total. The van der Waals surface area contributed by atoms with Crippen molar-refractivity contribution in [3.8, 4) is 0 Å². The monoisotopic (exact) mass is 201 g/mol. The molecule has 1 unspecified atom stereocenters. The Bertz CT molecular complexity index is 190. The van der Waals surface area contributed by atoms with Crippen molar-refractivity contribution in [3.63, 3.8) is 0 Å². The maximum Gasteiger partial charge on any atom is 0.223 e. The zero-order valence-electron chi connectivity index (χ0n) is 8.88. The first-order chi connectivity index (χ1) is 6.52. The average Bonchev–Trinajstić information content (AvgIpc) is 2.13. The summed E-state index contributed by atoms with van der Waals surface area (Å²) in [6.45, 7) is 5.83. The predicted molar refractivity (Wildman–Crippen MR) is 54.9 cm³/mol. The van der Waals surface area contributed by atoms with Gasteiger partial charge in [-0.2, -0.15) is 0 Å². The highest BCUT2D eigenvalue weighted by molar-refractivity contribution is 5.77. The lowest BCUT2D eigenvalue weighted by atomic mass is 10.0. The van der Waals surface area contributed by atoms with Gasteiger partial charge in [0.15, 0.2) is 0 Å². The van der Waals surface area contributed by atoms with E-state index in [1.165, 1.54) is 6.08 Å². The Morgan fingerprint density at radius 1 is 1.71 bits per heavy atom. The van der Waals surface area contributed by atoms with E-state index >= 15 is 0 Å². The third-order valence-electron chi connectivity index (χ3n) is 1.84. The number of hydrogen-bond acceptors (Lipinski definition) is 3. The Hall–Kier alpha value is -0.870. The molecule has 0 bridgehead atoms. The number of rotatable bonds is 7. The molecule has 0 heterocycles. The van der Waals surface area contributed by atoms with Crippen LogP contribution in [0.2, 0.25) is 0 Å². The molecule has 4 heteroatoms. The molecule has 1 atom stereocenters. The maximum absolute atomic E-state index is 11.0. The second-order valence-electron chi connectivity index (χ2n) is 3.51. The Morgan fingerprint density at radius 3 is 2.86 bits per heavy atom. The molecule has 2 N–H and O–H groups in total. The number of methoxy groups -OCH3 is 1. The van der Waals surface area contributed by atoms with E-state index in [-0.39, 0.29) is 18.9 Å². The standard InChI is InChI=1S/C10H19NO3/c1-4-5-9(12)11-8-10(2,13)6-7-14-3/h4,13H,1,5-8H2,2-3H3,(H,11,12). The van der Waals surface area contributed by atoms with Crippen molar-refractivity contribution in [3.05, 3.63) is 12.7 Å². The summed E-state index contributed by atoms with van der Waals surface area (Å²) in [5, 5.41) is 12.4. The van der Waals surface area contributed by atoms with Crippen molar-refractivity contribution in [2.24, 2.45) is 0 Å². The first-order valence-electron chi connectivity index (χ1n) is 4.61. The van der Waals surface area contributed by atoms with E-state index in [1.54, 1.807) is 14.0 Å². The molecule has 0 aromatic carbocycles. The highest BCUT2D eigenvalue weighted by atomic mass is 16.5. The predicted octanol–water partition coefficient (Wildman–Crippen LogP) is 0.466. The van der Waals surface area contributed by atoms with Crippen molar-refractivity contribution in [1.82, 2.24) is 5.32 Å². The van der Waals surface area contributed by atoms with Crippen molar-refractivity contribution in [2.75, 3.05) is 20.3 Å². The lowest BCUT2D eigenvalue weighted by Gasteiger charge is -2.23. The number of carbonyl (C=O) groups excluding carboxylic acids is 1. The Balaban J connectivity index is 3.73. The topological polar surface area (TPSA) is 58.6 Å². The van der Waals surface area contributed by atoms with Crippen LogP contribution in [0.3, 0.4) is 0 Å². The molecule has 0 saturated carbocycles. The smallest absolute Gasteiger partial charge is 0.223 e. The molecule has 0 radical (unpaired) electrons. The maximum atomic E-state index is 11.0. The van der Waals surface area contributed by atoms with Gasteiger partial charge < -0.3 is 15.2 Å². The van der Waals surface area contributed by atoms with Gasteiger partial charge in [0.1, 0.15) is 0 Å². The van der Waals surface area contributed by atoms with E-state index in [0.717, 1.165) is 0 Å². The van der Waals surface area contributed by atoms with Crippen LogP contribution >= 0.6 is 0 Å². The van der Waals surface area contributed by atoms with E-state index in [1.807, 2.05) is 0 Å². The zero-order valence-corrected chi connectivity index (χ0v) is 8.88. The summed E-state index contributed by atoms with van der Waals surface area (Å²) in [6, 6.07) is 0. The summed E-state index contributed by atoms with van der Waals surface area (Å²) in [5.74, 6) is -0.127. The fourth-order valence-corrected chi connectivity index (χ4v) is 0.903. The van der Waals surface area contributed by atoms with Gasteiger partial charge in [-0.1, -0.05) is 6.08 Å². The first kappa shape index (κ1) is 13.1. The first-order valence-corrected chi connectivity index (χ1v) is 4.61. The van der Waals surface area contributed by atoms with Gasteiger partial charge in [0, 0.05) is 33.1 Å². The number of ether oxygens (including phenoxy) is 1. The van der Waals surface area contributed by atoms with Gasteiger partial charge in [-0.25, -0.2) is 0 Å². The van der Waals surface area contributed by atoms with Gasteiger partial charge in [0.05, 0.1) is 5.60 Å². The van der Waals surface area contributed by atoms with Crippen LogP contribution in [0.1, 0.15) is 19.8 Å². The SMILES string of the molecule is C=CCC(=O)NCC(C)(O)CCOC. The van der Waals surface area contributed by atoms with Crippen LogP contribution in [0.5, 0.6) is 0 Å². The number of aliphatic hydroxyl groups is 1. The summed E-state index contributed by atoms with van der Waals surface area (Å²) in [4.78, 5) is 11.0. The number of hydrogen-bond donors (Lipinski definition) is 2. The second kappa shape index (κ2) is 6.56. The molecule has 1 amide bonds. The Labute approximate surface area is 85.0 Å². The quantitative estimate of drug-likeness (QED) is 0.588. The van der Waals surface area contributed by atoms with Crippen molar-refractivity contribution in [1.29, 1.82) is 0 Å². The van der Waals surface area contributed by atoms with E-state index in [9.17, 15) is 9.90 Å². The number of nitrogens with one attached hydrogen (secondary N) is 1. The van der Waals surface area contributed by atoms with Crippen LogP contribution in [-0.4, -0.2) is 36.9 Å². The van der Waals surface area contributed by atoms with E-state index in [0.29, 0.717) is 13.0 Å². The average molecular weight is 201 g/mol. The molecule has 0 aliphatic heterocycles. The lowest BCUT2D eigenvalue weighted by molar-refractivity contribution is -0.121. The van der Waals surface area contributed by atoms with Gasteiger partial charge in [0.25, 0.3) is 0 Å². The number of amides is 1. The summed E-state index contributed by atoms with van der Waals surface area (Å²) in [5.41, 5.74) is -0.910. The van der Waals surface area contributed by atoms with E-state index < -0.39 is 5.60 Å². The molecule has 0 fully saturated rings. The van der Waals surface area contributed by atoms with Crippen LogP contribution in [0.4, 0.5) is 0 Å². The van der Waals surface area contributed by atoms with Gasteiger partial charge in [-0.15, -0.1) is 6.58 Å². The molecular weight excluding hydrogens is 182 g/mol. The minimum Gasteiger partial charge on any atom is -0.388 e. The molecule has 0 aliphatic rings. The van der Waals surface area contributed by atoms with Crippen molar-refractivity contribution >= 4 is 5.91 Å². The number of carbonyl (C=O) groups is 1. The van der Waals surface area contributed by atoms with Crippen LogP contribution in [0.25, 0.3) is 0 Å². The molecule has 0 rings (SSSR count). The van der Waals surface area contributed by atoms with Crippen LogP contribution in [-0.2, 0) is 9.53 Å². The molecule has 0 aromatic heterocycles. The third kappa shape index (κ3) is 6.62. The highest BCUT2D eigenvalue weighted by Crippen LogP contribution is 2.07. The second-order valence-corrected chi connectivity index (χ2v) is 3.51. The van der Waals surface area contributed by atoms with Crippen LogP contribution < -0.4 is 5.32 Å². The molecule has 0 aliphatic carbocycles. The fourth-order valence-electron chi connectivity index (χ4n) is 0.903. The van der Waals surface area contributed by atoms with Gasteiger partial charge in [-0.05, 0) is 6.92 Å². The Morgan fingerprint density at radius 2 is 2.36 bits per heavy atom. The van der Waals surface area contributed by atoms with Crippen LogP contribution in [0.15, 0.2) is 12.7 Å². The zero-order chi connectivity index (χ0) is 11.0. The van der Waals surface area contributed by atoms with Gasteiger partial charge in [-0.3, -0.25) is 4.79 Å². The third-order valence-corrected chi connectivity index (χ3v) is 1.84. The lowest BCUT2D eigenvalue weighted by Crippen LogP contribution is -2.41. The minimum atomic E-state index is -0.910. The molecule has 82 valence electrons. The molecule has 0 saturated heterocycles. The molecule has 14 heavy (non-hydrogen) atoms. The van der Waals surface area contributed by atoms with Crippen molar-refractivity contribution in [2.45, 2.75) is 25.4 Å². The van der Waals surface area contributed by atoms with Gasteiger partial charge in [0.2, 0.25) is 5.91 Å². The molecule has 0 aromatic rings. The summed E-state index contributed by atoms with van der Waals surface area (Å²) in [7, 11) is 1.58. The normalized spacial score (nSPS) is 14.5. The van der Waals surface area contributed by atoms with E-state index in [4.69, 9.17) is 4.74 Å². The summed E-state index contributed by atoms with van der Waals surface area (Å²) >= 11 is 0. The van der Waals surface area contributed by atoms with Crippen molar-refractivity contribution < 1.29 is 14.6 Å². The minimum absolute atomic E-state index is 0.127. The highest BCUT2D eigenvalue weighted by Gasteiger charge is 2.20. The molecule has 0 spiro atoms. The summed E-state index contributed by atoms with van der Waals surface area (Å²) in [6.07, 6.45) is 2.30. The Kier molecular flexibility index (Phi) is 6.16. The van der Waals surface area contributed by atoms with Gasteiger partial charge >= 0.3 is 0 Å². The van der Waals surface area contributed by atoms with Crippen LogP contribution in [0, 0.1) is 0 Å². The molecular formula is C10H19NO3. The van der Waals surface area contributed by atoms with E-state index in [2.05, 4.69) is 11.9 Å². The largest absolute Gasteiger partial charge is 0.388 e.